The maximum atomic E-state index is 2.38. The normalized spacial score (nSPS) is 13.2. The number of rotatable bonds is 5. The van der Waals surface area contributed by atoms with Gasteiger partial charge in [0.25, 0.3) is 0 Å². The Morgan fingerprint density at radius 1 is 0.345 bits per heavy atom. The van der Waals surface area contributed by atoms with Crippen molar-refractivity contribution >= 4 is 39.6 Å². The second kappa shape index (κ2) is 12.8. The number of nitrogens with zero attached hydrogens (tertiary/aromatic N) is 1. The first kappa shape index (κ1) is 31.9. The predicted octanol–water partition coefficient (Wildman–Crippen LogP) is 14.5. The van der Waals surface area contributed by atoms with Gasteiger partial charge >= 0.3 is 0 Å². The van der Waals surface area contributed by atoms with Gasteiger partial charge in [-0.1, -0.05) is 169 Å². The van der Waals surface area contributed by atoms with Gasteiger partial charge < -0.3 is 4.90 Å². The molecule has 1 heterocycles. The van der Waals surface area contributed by atoms with E-state index in [4.69, 9.17) is 0 Å². The second-order valence-electron chi connectivity index (χ2n) is 14.4. The molecule has 0 bridgehead atoms. The van der Waals surface area contributed by atoms with Crippen LogP contribution in [0.15, 0.2) is 222 Å². The lowest BCUT2D eigenvalue weighted by atomic mass is 9.66. The van der Waals surface area contributed by atoms with Crippen molar-refractivity contribution in [1.82, 2.24) is 0 Å². The van der Waals surface area contributed by atoms with E-state index in [9.17, 15) is 0 Å². The molecule has 55 heavy (non-hydrogen) atoms. The monoisotopic (exact) mass is 717 g/mol. The molecule has 9 aromatic carbocycles. The maximum absolute atomic E-state index is 2.38. The fraction of sp³-hybridized carbons (Fsp3) is 0.0189. The number of hydrogen-bond donors (Lipinski definition) is 0. The van der Waals surface area contributed by atoms with Crippen LogP contribution in [0.3, 0.4) is 0 Å². The third-order valence-electron chi connectivity index (χ3n) is 11.5. The van der Waals surface area contributed by atoms with Crippen LogP contribution in [0.2, 0.25) is 0 Å². The van der Waals surface area contributed by atoms with E-state index < -0.39 is 5.41 Å². The third kappa shape index (κ3) is 4.95. The van der Waals surface area contributed by atoms with Crippen molar-refractivity contribution in [3.05, 3.63) is 235 Å². The first-order chi connectivity index (χ1) is 27.3. The summed E-state index contributed by atoms with van der Waals surface area (Å²) in [4.78, 5) is 4.99. The van der Waals surface area contributed by atoms with E-state index in [1.165, 1.54) is 76.2 Å². The molecule has 1 aliphatic carbocycles. The van der Waals surface area contributed by atoms with Crippen molar-refractivity contribution in [1.29, 1.82) is 0 Å². The maximum Gasteiger partial charge on any atom is 0.0741 e. The molecule has 1 aliphatic heterocycles. The van der Waals surface area contributed by atoms with Crippen LogP contribution in [0, 0.1) is 0 Å². The summed E-state index contributed by atoms with van der Waals surface area (Å²) in [5, 5.41) is 2.56. The fourth-order valence-corrected chi connectivity index (χ4v) is 10.4. The van der Waals surface area contributed by atoms with Crippen LogP contribution < -0.4 is 4.90 Å². The molecule has 9 aromatic rings. The van der Waals surface area contributed by atoms with Gasteiger partial charge in [-0.15, -0.1) is 0 Å². The zero-order valence-electron chi connectivity index (χ0n) is 30.1. The highest BCUT2D eigenvalue weighted by atomic mass is 32.2. The summed E-state index contributed by atoms with van der Waals surface area (Å²) < 4.78 is 0. The molecule has 0 radical (unpaired) electrons. The molecule has 0 fully saturated rings. The van der Waals surface area contributed by atoms with Gasteiger partial charge in [-0.05, 0) is 121 Å². The molecule has 258 valence electrons. The summed E-state index contributed by atoms with van der Waals surface area (Å²) in [6, 6.07) is 78.0. The molecule has 1 spiro atoms. The van der Waals surface area contributed by atoms with Crippen molar-refractivity contribution in [3.63, 3.8) is 0 Å². The van der Waals surface area contributed by atoms with Gasteiger partial charge in [-0.2, -0.15) is 0 Å². The standard InChI is InChI=1S/C53H35NS/c1-3-13-36(14-4-1)37-23-29-42(30-24-37)54(41-15-5-2-6-16-41)43-31-25-38(26-32-43)39-27-33-44-40(35-39)28-34-51-52(44)53(49-21-11-12-22-50(49)55-51)47-19-9-7-17-45(47)46-18-8-10-20-48(46)53/h1-35H. The van der Waals surface area contributed by atoms with Gasteiger partial charge in [0.15, 0.2) is 0 Å². The average Bonchev–Trinajstić information content (AvgIpc) is 3.55. The molecule has 1 nitrogen and oxygen atoms in total. The molecular formula is C53H35NS. The third-order valence-corrected chi connectivity index (χ3v) is 12.7. The molecule has 0 aromatic heterocycles. The SMILES string of the molecule is c1ccc(-c2ccc(N(c3ccccc3)c3ccc(-c4ccc5c6c(ccc5c4)Sc4ccccc4C64c5ccccc5-c5ccccc54)cc3)cc2)cc1. The number of anilines is 3. The summed E-state index contributed by atoms with van der Waals surface area (Å²) >= 11 is 1.90. The van der Waals surface area contributed by atoms with E-state index in [2.05, 4.69) is 217 Å². The number of para-hydroxylation sites is 1. The van der Waals surface area contributed by atoms with Gasteiger partial charge in [0, 0.05) is 26.9 Å². The predicted molar refractivity (Wildman–Crippen MR) is 231 cm³/mol. The highest BCUT2D eigenvalue weighted by molar-refractivity contribution is 7.99. The Kier molecular flexibility index (Phi) is 7.40. The zero-order chi connectivity index (χ0) is 36.3. The smallest absolute Gasteiger partial charge is 0.0741 e. The highest BCUT2D eigenvalue weighted by Crippen LogP contribution is 2.63. The van der Waals surface area contributed by atoms with Gasteiger partial charge in [-0.3, -0.25) is 0 Å². The summed E-state index contributed by atoms with van der Waals surface area (Å²) in [6.07, 6.45) is 0. The van der Waals surface area contributed by atoms with E-state index >= 15 is 0 Å². The summed E-state index contributed by atoms with van der Waals surface area (Å²) in [7, 11) is 0. The molecule has 2 heteroatoms. The number of fused-ring (bicyclic) bond motifs is 11. The lowest BCUT2D eigenvalue weighted by molar-refractivity contribution is 0.730. The van der Waals surface area contributed by atoms with E-state index in [0.717, 1.165) is 17.1 Å². The average molecular weight is 718 g/mol. The molecule has 11 rings (SSSR count). The topological polar surface area (TPSA) is 3.24 Å². The van der Waals surface area contributed by atoms with Crippen LogP contribution in [-0.2, 0) is 5.41 Å². The van der Waals surface area contributed by atoms with Crippen molar-refractivity contribution in [2.75, 3.05) is 4.90 Å². The van der Waals surface area contributed by atoms with Crippen molar-refractivity contribution < 1.29 is 0 Å². The Balaban J connectivity index is 1.01. The van der Waals surface area contributed by atoms with Crippen LogP contribution >= 0.6 is 11.8 Å². The number of benzene rings is 9. The Bertz CT molecular complexity index is 2830. The lowest BCUT2D eigenvalue weighted by Gasteiger charge is -2.40. The Morgan fingerprint density at radius 3 is 1.49 bits per heavy atom. The van der Waals surface area contributed by atoms with Crippen LogP contribution in [0.25, 0.3) is 44.2 Å². The van der Waals surface area contributed by atoms with Crippen LogP contribution in [0.5, 0.6) is 0 Å². The summed E-state index contributed by atoms with van der Waals surface area (Å²) in [5.41, 5.74) is 16.0. The van der Waals surface area contributed by atoms with E-state index in [0.29, 0.717) is 0 Å². The molecular weight excluding hydrogens is 683 g/mol. The Morgan fingerprint density at radius 2 is 0.836 bits per heavy atom. The first-order valence-electron chi connectivity index (χ1n) is 18.9. The van der Waals surface area contributed by atoms with Crippen molar-refractivity contribution in [2.24, 2.45) is 0 Å². The quantitative estimate of drug-likeness (QED) is 0.174. The second-order valence-corrected chi connectivity index (χ2v) is 15.5. The van der Waals surface area contributed by atoms with Gasteiger partial charge in [-0.25, -0.2) is 0 Å². The molecule has 0 saturated carbocycles. The largest absolute Gasteiger partial charge is 0.311 e. The van der Waals surface area contributed by atoms with Crippen LogP contribution in [-0.4, -0.2) is 0 Å². The first-order valence-corrected chi connectivity index (χ1v) is 19.7. The molecule has 0 unspecified atom stereocenters. The van der Waals surface area contributed by atoms with Gasteiger partial charge in [0.1, 0.15) is 0 Å². The summed E-state index contributed by atoms with van der Waals surface area (Å²) in [6.45, 7) is 0. The number of hydrogen-bond acceptors (Lipinski definition) is 2. The minimum atomic E-state index is -0.396. The Hall–Kier alpha value is -6.61. The lowest BCUT2D eigenvalue weighted by Crippen LogP contribution is -2.32. The molecule has 2 aliphatic rings. The van der Waals surface area contributed by atoms with Crippen LogP contribution in [0.4, 0.5) is 17.1 Å². The molecule has 0 amide bonds. The molecule has 0 N–H and O–H groups in total. The van der Waals surface area contributed by atoms with E-state index in [1.807, 2.05) is 11.8 Å². The van der Waals surface area contributed by atoms with Gasteiger partial charge in [0.05, 0.1) is 5.41 Å². The zero-order valence-corrected chi connectivity index (χ0v) is 30.9. The molecule has 0 atom stereocenters. The van der Waals surface area contributed by atoms with E-state index in [-0.39, 0.29) is 0 Å². The minimum absolute atomic E-state index is 0.396. The van der Waals surface area contributed by atoms with E-state index in [1.54, 1.807) is 0 Å². The van der Waals surface area contributed by atoms with Crippen molar-refractivity contribution in [3.8, 4) is 33.4 Å². The minimum Gasteiger partial charge on any atom is -0.311 e. The highest BCUT2D eigenvalue weighted by Gasteiger charge is 2.50. The van der Waals surface area contributed by atoms with Crippen LogP contribution in [0.1, 0.15) is 22.3 Å². The van der Waals surface area contributed by atoms with Gasteiger partial charge in [0.2, 0.25) is 0 Å². The fourth-order valence-electron chi connectivity index (χ4n) is 9.14. The molecule has 0 saturated heterocycles. The summed E-state index contributed by atoms with van der Waals surface area (Å²) in [5.74, 6) is 0. The van der Waals surface area contributed by atoms with Crippen molar-refractivity contribution in [2.45, 2.75) is 15.2 Å². The Labute approximate surface area is 326 Å².